The molecule has 0 spiro atoms. The largest absolute Gasteiger partial charge is 0.378 e. The third-order valence-electron chi connectivity index (χ3n) is 3.61. The Bertz CT molecular complexity index is 945. The van der Waals surface area contributed by atoms with E-state index in [-0.39, 0.29) is 5.91 Å². The van der Waals surface area contributed by atoms with Gasteiger partial charge in [0.2, 0.25) is 0 Å². The van der Waals surface area contributed by atoms with Crippen molar-refractivity contribution in [3.05, 3.63) is 65.2 Å². The molecule has 3 aromatic rings. The number of rotatable bonds is 4. The lowest BCUT2D eigenvalue weighted by Crippen LogP contribution is -2.40. The molecule has 2 amide bonds. The van der Waals surface area contributed by atoms with E-state index in [0.717, 1.165) is 20.9 Å². The van der Waals surface area contributed by atoms with Crippen LogP contribution in [0.4, 0.5) is 5.69 Å². The van der Waals surface area contributed by atoms with Crippen molar-refractivity contribution in [3.8, 4) is 0 Å². The Hall–Kier alpha value is -3.19. The summed E-state index contributed by atoms with van der Waals surface area (Å²) in [5.41, 5.74) is 7.04. The number of aromatic nitrogens is 1. The molecule has 6 nitrogen and oxygen atoms in total. The predicted molar refractivity (Wildman–Crippen MR) is 105 cm³/mol. The van der Waals surface area contributed by atoms with Gasteiger partial charge < -0.3 is 4.90 Å². The Balaban J connectivity index is 1.58. The highest BCUT2D eigenvalue weighted by Gasteiger charge is 2.08. The van der Waals surface area contributed by atoms with Gasteiger partial charge in [-0.3, -0.25) is 20.4 Å². The minimum Gasteiger partial charge on any atom is -0.378 e. The van der Waals surface area contributed by atoms with Gasteiger partial charge in [-0.25, -0.2) is 4.98 Å². The van der Waals surface area contributed by atoms with Gasteiger partial charge in [-0.15, -0.1) is 11.3 Å². The molecule has 0 saturated carbocycles. The quantitative estimate of drug-likeness (QED) is 0.550. The smallest absolute Gasteiger partial charge is 0.269 e. The van der Waals surface area contributed by atoms with Crippen LogP contribution in [-0.2, 0) is 4.79 Å². The Morgan fingerprint density at radius 1 is 1.08 bits per heavy atom. The average molecular weight is 366 g/mol. The van der Waals surface area contributed by atoms with E-state index >= 15 is 0 Å². The number of anilines is 1. The second-order valence-corrected chi connectivity index (χ2v) is 6.80. The second-order valence-electron chi connectivity index (χ2n) is 5.74. The summed E-state index contributed by atoms with van der Waals surface area (Å²) in [6, 6.07) is 14.9. The maximum Gasteiger partial charge on any atom is 0.269 e. The summed E-state index contributed by atoms with van der Waals surface area (Å²) >= 11 is 1.49. The summed E-state index contributed by atoms with van der Waals surface area (Å²) in [5.74, 6) is -0.809. The number of carbonyl (C=O) groups is 2. The van der Waals surface area contributed by atoms with Gasteiger partial charge in [0.05, 0.1) is 10.2 Å². The molecule has 0 radical (unpaired) electrons. The summed E-state index contributed by atoms with van der Waals surface area (Å²) in [5, 5.41) is 0.728. The maximum atomic E-state index is 12.1. The molecule has 0 saturated heterocycles. The number of nitrogens with one attached hydrogen (secondary N) is 2. The summed E-state index contributed by atoms with van der Waals surface area (Å²) in [6.45, 7) is 0. The van der Waals surface area contributed by atoms with E-state index in [0.29, 0.717) is 5.56 Å². The monoisotopic (exact) mass is 366 g/mol. The maximum absolute atomic E-state index is 12.1. The van der Waals surface area contributed by atoms with Crippen LogP contribution >= 0.6 is 11.3 Å². The zero-order valence-corrected chi connectivity index (χ0v) is 15.2. The molecule has 0 aliphatic heterocycles. The Morgan fingerprint density at radius 2 is 1.88 bits per heavy atom. The van der Waals surface area contributed by atoms with E-state index < -0.39 is 5.91 Å². The second kappa shape index (κ2) is 7.79. The van der Waals surface area contributed by atoms with Crippen LogP contribution in [0.3, 0.4) is 0 Å². The van der Waals surface area contributed by atoms with Crippen molar-refractivity contribution in [1.29, 1.82) is 0 Å². The lowest BCUT2D eigenvalue weighted by atomic mass is 10.2. The topological polar surface area (TPSA) is 74.3 Å². The fourth-order valence-electron chi connectivity index (χ4n) is 2.27. The molecule has 0 aliphatic carbocycles. The molecule has 1 heterocycles. The average Bonchev–Trinajstić information content (AvgIpc) is 3.07. The molecule has 0 bridgehead atoms. The van der Waals surface area contributed by atoms with Crippen LogP contribution in [0.2, 0.25) is 0 Å². The normalized spacial score (nSPS) is 10.8. The van der Waals surface area contributed by atoms with E-state index in [1.165, 1.54) is 17.4 Å². The van der Waals surface area contributed by atoms with Gasteiger partial charge in [-0.2, -0.15) is 0 Å². The highest BCUT2D eigenvalue weighted by atomic mass is 32.1. The zero-order valence-electron chi connectivity index (χ0n) is 14.4. The number of hydrogen-bond donors (Lipinski definition) is 2. The van der Waals surface area contributed by atoms with Crippen molar-refractivity contribution < 1.29 is 9.59 Å². The third kappa shape index (κ3) is 4.25. The van der Waals surface area contributed by atoms with Crippen LogP contribution in [-0.4, -0.2) is 30.9 Å². The molecule has 7 heteroatoms. The van der Waals surface area contributed by atoms with Crippen molar-refractivity contribution in [3.63, 3.8) is 0 Å². The molecular weight excluding hydrogens is 348 g/mol. The van der Waals surface area contributed by atoms with Gasteiger partial charge >= 0.3 is 0 Å². The fraction of sp³-hybridized carbons (Fsp3) is 0.105. The molecule has 2 N–H and O–H groups in total. The number of benzene rings is 2. The van der Waals surface area contributed by atoms with Crippen molar-refractivity contribution in [2.24, 2.45) is 0 Å². The van der Waals surface area contributed by atoms with Gasteiger partial charge in [-0.1, -0.05) is 18.2 Å². The standard InChI is InChI=1S/C19H18N4O2S/c1-23(2)14-7-5-6-13(12-14)19(25)22-21-17(24)10-11-18-20-15-8-3-4-9-16(15)26-18/h3-12H,1-2H3,(H,21,24)(H,22,25)/b11-10+. The lowest BCUT2D eigenvalue weighted by Gasteiger charge is -2.13. The van der Waals surface area contributed by atoms with Crippen LogP contribution < -0.4 is 15.8 Å². The highest BCUT2D eigenvalue weighted by Crippen LogP contribution is 2.22. The Kier molecular flexibility index (Phi) is 5.28. The third-order valence-corrected chi connectivity index (χ3v) is 4.61. The molecule has 0 atom stereocenters. The van der Waals surface area contributed by atoms with E-state index in [1.807, 2.05) is 49.3 Å². The van der Waals surface area contributed by atoms with Gasteiger partial charge in [0, 0.05) is 31.4 Å². The van der Waals surface area contributed by atoms with Crippen LogP contribution in [0.5, 0.6) is 0 Å². The highest BCUT2D eigenvalue weighted by molar-refractivity contribution is 7.19. The predicted octanol–water partition coefficient (Wildman–Crippen LogP) is 2.84. The van der Waals surface area contributed by atoms with E-state index in [2.05, 4.69) is 15.8 Å². The molecule has 0 aliphatic rings. The van der Waals surface area contributed by atoms with Crippen LogP contribution in [0.15, 0.2) is 54.6 Å². The molecule has 0 fully saturated rings. The first kappa shape index (κ1) is 17.6. The number of amides is 2. The van der Waals surface area contributed by atoms with Crippen molar-refractivity contribution >= 4 is 45.1 Å². The van der Waals surface area contributed by atoms with Crippen LogP contribution in [0.25, 0.3) is 16.3 Å². The molecule has 132 valence electrons. The first-order valence-electron chi connectivity index (χ1n) is 7.94. The fourth-order valence-corrected chi connectivity index (χ4v) is 3.14. The van der Waals surface area contributed by atoms with E-state index in [9.17, 15) is 9.59 Å². The number of thiazole rings is 1. The summed E-state index contributed by atoms with van der Waals surface area (Å²) in [4.78, 5) is 30.3. The number of hydrazine groups is 1. The van der Waals surface area contributed by atoms with Gasteiger partial charge in [-0.05, 0) is 36.4 Å². The van der Waals surface area contributed by atoms with E-state index in [1.54, 1.807) is 24.3 Å². The number of fused-ring (bicyclic) bond motifs is 1. The van der Waals surface area contributed by atoms with E-state index in [4.69, 9.17) is 0 Å². The Labute approximate surface area is 155 Å². The first-order valence-corrected chi connectivity index (χ1v) is 8.76. The Morgan fingerprint density at radius 3 is 2.65 bits per heavy atom. The molecule has 2 aromatic carbocycles. The van der Waals surface area contributed by atoms with Gasteiger partial charge in [0.15, 0.2) is 0 Å². The summed E-state index contributed by atoms with van der Waals surface area (Å²) in [7, 11) is 3.79. The van der Waals surface area contributed by atoms with Crippen molar-refractivity contribution in [1.82, 2.24) is 15.8 Å². The number of hydrogen-bond acceptors (Lipinski definition) is 5. The zero-order chi connectivity index (χ0) is 18.5. The van der Waals surface area contributed by atoms with Crippen LogP contribution in [0, 0.1) is 0 Å². The SMILES string of the molecule is CN(C)c1cccc(C(=O)NNC(=O)/C=C/c2nc3ccccc3s2)c1. The van der Waals surface area contributed by atoms with Crippen LogP contribution in [0.1, 0.15) is 15.4 Å². The van der Waals surface area contributed by atoms with Gasteiger partial charge in [0.25, 0.3) is 11.8 Å². The number of carbonyl (C=O) groups excluding carboxylic acids is 2. The first-order chi connectivity index (χ1) is 12.5. The number of nitrogens with zero attached hydrogens (tertiary/aromatic N) is 2. The minimum atomic E-state index is -0.429. The molecule has 3 rings (SSSR count). The summed E-state index contributed by atoms with van der Waals surface area (Å²) in [6.07, 6.45) is 2.97. The minimum absolute atomic E-state index is 0.379. The van der Waals surface area contributed by atoms with Gasteiger partial charge in [0.1, 0.15) is 5.01 Å². The number of para-hydroxylation sites is 1. The summed E-state index contributed by atoms with van der Waals surface area (Å²) < 4.78 is 1.06. The molecule has 0 unspecified atom stereocenters. The van der Waals surface area contributed by atoms with Crippen molar-refractivity contribution in [2.75, 3.05) is 19.0 Å². The molecule has 1 aromatic heterocycles. The van der Waals surface area contributed by atoms with Crippen molar-refractivity contribution in [2.45, 2.75) is 0 Å². The lowest BCUT2D eigenvalue weighted by molar-refractivity contribution is -0.117. The molecule has 26 heavy (non-hydrogen) atoms. The molecular formula is C19H18N4O2S.